The van der Waals surface area contributed by atoms with Gasteiger partial charge in [0.2, 0.25) is 0 Å². The maximum atomic E-state index is 5.39. The largest absolute Gasteiger partial charge is 0.496 e. The lowest BCUT2D eigenvalue weighted by Crippen LogP contribution is -2.04. The van der Waals surface area contributed by atoms with Crippen LogP contribution in [0.5, 0.6) is 5.75 Å². The number of hydrogen-bond donors (Lipinski definition) is 1. The number of methoxy groups -OCH3 is 1. The highest BCUT2D eigenvalue weighted by Gasteiger charge is 2.06. The molecule has 0 aliphatic rings. The zero-order valence-electron chi connectivity index (χ0n) is 12.2. The summed E-state index contributed by atoms with van der Waals surface area (Å²) in [4.78, 5) is 4.39. The minimum atomic E-state index is 0.751. The molecule has 1 heterocycles. The molecule has 0 fully saturated rings. The van der Waals surface area contributed by atoms with Crippen LogP contribution in [0.2, 0.25) is 0 Å². The monoisotopic (exact) mass is 334 g/mol. The lowest BCUT2D eigenvalue weighted by molar-refractivity contribution is 0.408. The molecule has 0 radical (unpaired) electrons. The van der Waals surface area contributed by atoms with E-state index in [1.54, 1.807) is 13.3 Å². The van der Waals surface area contributed by atoms with Crippen LogP contribution in [0, 0.1) is 20.8 Å². The molecule has 1 aromatic carbocycles. The van der Waals surface area contributed by atoms with Crippen molar-refractivity contribution in [2.24, 2.45) is 0 Å². The van der Waals surface area contributed by atoms with Crippen molar-refractivity contribution in [1.82, 2.24) is 4.98 Å². The smallest absolute Gasteiger partial charge is 0.129 e. The SMILES string of the molecule is COc1c(C)cc(CNc2ncc(Br)cc2C)cc1C. The molecule has 0 bridgehead atoms. The molecule has 0 spiro atoms. The first-order valence-corrected chi connectivity index (χ1v) is 7.30. The normalized spacial score (nSPS) is 10.4. The van der Waals surface area contributed by atoms with Crippen molar-refractivity contribution in [3.05, 3.63) is 51.1 Å². The van der Waals surface area contributed by atoms with E-state index in [0.29, 0.717) is 0 Å². The third kappa shape index (κ3) is 3.31. The predicted octanol–water partition coefficient (Wildman–Crippen LogP) is 4.39. The van der Waals surface area contributed by atoms with Gasteiger partial charge in [-0.2, -0.15) is 0 Å². The summed E-state index contributed by atoms with van der Waals surface area (Å²) in [5, 5.41) is 3.38. The Morgan fingerprint density at radius 2 is 1.75 bits per heavy atom. The van der Waals surface area contributed by atoms with Gasteiger partial charge in [-0.15, -0.1) is 0 Å². The number of anilines is 1. The van der Waals surface area contributed by atoms with E-state index in [-0.39, 0.29) is 0 Å². The maximum Gasteiger partial charge on any atom is 0.129 e. The van der Waals surface area contributed by atoms with E-state index in [9.17, 15) is 0 Å². The molecule has 0 amide bonds. The van der Waals surface area contributed by atoms with Gasteiger partial charge in [0.05, 0.1) is 7.11 Å². The van der Waals surface area contributed by atoms with Gasteiger partial charge in [-0.25, -0.2) is 4.98 Å². The fourth-order valence-electron chi connectivity index (χ4n) is 2.38. The van der Waals surface area contributed by atoms with Crippen molar-refractivity contribution >= 4 is 21.7 Å². The van der Waals surface area contributed by atoms with Crippen LogP contribution in [0.1, 0.15) is 22.3 Å². The fraction of sp³-hybridized carbons (Fsp3) is 0.312. The van der Waals surface area contributed by atoms with Crippen LogP contribution in [0.25, 0.3) is 0 Å². The van der Waals surface area contributed by atoms with E-state index in [1.807, 2.05) is 6.92 Å². The average molecular weight is 335 g/mol. The molecule has 1 aromatic heterocycles. The highest BCUT2D eigenvalue weighted by atomic mass is 79.9. The molecule has 0 aliphatic carbocycles. The maximum absolute atomic E-state index is 5.39. The number of aromatic nitrogens is 1. The van der Waals surface area contributed by atoms with Crippen LogP contribution in [-0.4, -0.2) is 12.1 Å². The minimum Gasteiger partial charge on any atom is -0.496 e. The molecule has 0 saturated carbocycles. The number of hydrogen-bond acceptors (Lipinski definition) is 3. The number of ether oxygens (including phenoxy) is 1. The third-order valence-electron chi connectivity index (χ3n) is 3.23. The van der Waals surface area contributed by atoms with E-state index < -0.39 is 0 Å². The third-order valence-corrected chi connectivity index (χ3v) is 3.66. The number of aryl methyl sites for hydroxylation is 3. The van der Waals surface area contributed by atoms with Crippen LogP contribution in [-0.2, 0) is 6.54 Å². The van der Waals surface area contributed by atoms with Gasteiger partial charge in [-0.3, -0.25) is 0 Å². The molecule has 0 aliphatic heterocycles. The summed E-state index contributed by atoms with van der Waals surface area (Å²) < 4.78 is 6.38. The van der Waals surface area contributed by atoms with Gasteiger partial charge in [0.25, 0.3) is 0 Å². The second kappa shape index (κ2) is 6.27. The zero-order chi connectivity index (χ0) is 14.7. The molecule has 0 atom stereocenters. The van der Waals surface area contributed by atoms with Gasteiger partial charge in [0.1, 0.15) is 11.6 Å². The second-order valence-corrected chi connectivity index (χ2v) is 5.85. The Balaban J connectivity index is 2.15. The summed E-state index contributed by atoms with van der Waals surface area (Å²) in [7, 11) is 1.71. The summed E-state index contributed by atoms with van der Waals surface area (Å²) in [6.07, 6.45) is 1.81. The van der Waals surface area contributed by atoms with Gasteiger partial charge in [0, 0.05) is 17.2 Å². The summed E-state index contributed by atoms with van der Waals surface area (Å²) >= 11 is 3.42. The van der Waals surface area contributed by atoms with Gasteiger partial charge in [-0.1, -0.05) is 12.1 Å². The number of halogens is 1. The molecule has 0 saturated heterocycles. The highest BCUT2D eigenvalue weighted by Crippen LogP contribution is 2.25. The molecule has 2 rings (SSSR count). The molecule has 3 nitrogen and oxygen atoms in total. The summed E-state index contributed by atoms with van der Waals surface area (Å²) in [6, 6.07) is 6.35. The summed E-state index contributed by atoms with van der Waals surface area (Å²) in [6.45, 7) is 6.93. The molecule has 2 aromatic rings. The minimum absolute atomic E-state index is 0.751. The van der Waals surface area contributed by atoms with Gasteiger partial charge >= 0.3 is 0 Å². The Bertz CT molecular complexity index is 603. The quantitative estimate of drug-likeness (QED) is 0.900. The Kier molecular flexibility index (Phi) is 4.65. The Morgan fingerprint density at radius 1 is 1.10 bits per heavy atom. The number of rotatable bonds is 4. The van der Waals surface area contributed by atoms with Crippen molar-refractivity contribution in [3.8, 4) is 5.75 Å². The molecular weight excluding hydrogens is 316 g/mol. The lowest BCUT2D eigenvalue weighted by atomic mass is 10.1. The number of pyridine rings is 1. The van der Waals surface area contributed by atoms with Gasteiger partial charge in [0.15, 0.2) is 0 Å². The van der Waals surface area contributed by atoms with Gasteiger partial charge < -0.3 is 10.1 Å². The second-order valence-electron chi connectivity index (χ2n) is 4.94. The molecular formula is C16H19BrN2O. The van der Waals surface area contributed by atoms with Crippen molar-refractivity contribution in [2.45, 2.75) is 27.3 Å². The first-order chi connectivity index (χ1) is 9.51. The van der Waals surface area contributed by atoms with Gasteiger partial charge in [-0.05, 0) is 65.0 Å². The highest BCUT2D eigenvalue weighted by molar-refractivity contribution is 9.10. The Hall–Kier alpha value is -1.55. The van der Waals surface area contributed by atoms with E-state index >= 15 is 0 Å². The average Bonchev–Trinajstić information content (AvgIpc) is 2.37. The van der Waals surface area contributed by atoms with Crippen molar-refractivity contribution in [3.63, 3.8) is 0 Å². The molecule has 1 N–H and O–H groups in total. The molecule has 20 heavy (non-hydrogen) atoms. The number of nitrogens with one attached hydrogen (secondary N) is 1. The fourth-order valence-corrected chi connectivity index (χ4v) is 2.82. The number of nitrogens with zero attached hydrogens (tertiary/aromatic N) is 1. The zero-order valence-corrected chi connectivity index (χ0v) is 13.8. The van der Waals surface area contributed by atoms with Crippen LogP contribution in [0.4, 0.5) is 5.82 Å². The van der Waals surface area contributed by atoms with E-state index in [1.165, 1.54) is 5.56 Å². The summed E-state index contributed by atoms with van der Waals surface area (Å²) in [5.74, 6) is 1.88. The standard InChI is InChI=1S/C16H19BrN2O/c1-10-5-13(6-11(2)15(10)20-4)8-18-16-12(3)7-14(17)9-19-16/h5-7,9H,8H2,1-4H3,(H,18,19). The van der Waals surface area contributed by atoms with Crippen molar-refractivity contribution in [2.75, 3.05) is 12.4 Å². The lowest BCUT2D eigenvalue weighted by Gasteiger charge is -2.13. The molecule has 106 valence electrons. The van der Waals surface area contributed by atoms with E-state index in [0.717, 1.165) is 39.3 Å². The first-order valence-electron chi connectivity index (χ1n) is 6.51. The van der Waals surface area contributed by atoms with Crippen LogP contribution in [0.15, 0.2) is 28.9 Å². The molecule has 4 heteroatoms. The van der Waals surface area contributed by atoms with Crippen molar-refractivity contribution < 1.29 is 4.74 Å². The Morgan fingerprint density at radius 3 is 2.30 bits per heavy atom. The first kappa shape index (κ1) is 14.9. The van der Waals surface area contributed by atoms with Crippen LogP contribution in [0.3, 0.4) is 0 Å². The molecule has 0 unspecified atom stereocenters. The van der Waals surface area contributed by atoms with E-state index in [2.05, 4.69) is 58.3 Å². The number of benzene rings is 1. The Labute approximate surface area is 128 Å². The predicted molar refractivity (Wildman–Crippen MR) is 86.5 cm³/mol. The summed E-state index contributed by atoms with van der Waals surface area (Å²) in [5.41, 5.74) is 4.67. The van der Waals surface area contributed by atoms with Crippen molar-refractivity contribution in [1.29, 1.82) is 0 Å². The van der Waals surface area contributed by atoms with Crippen LogP contribution < -0.4 is 10.1 Å². The van der Waals surface area contributed by atoms with E-state index in [4.69, 9.17) is 4.74 Å². The topological polar surface area (TPSA) is 34.1 Å². The van der Waals surface area contributed by atoms with Crippen LogP contribution >= 0.6 is 15.9 Å².